The maximum Gasteiger partial charge on any atom is 0.256 e. The predicted molar refractivity (Wildman–Crippen MR) is 70.3 cm³/mol. The average Bonchev–Trinajstić information content (AvgIpc) is 2.78. The molecule has 1 aromatic rings. The smallest absolute Gasteiger partial charge is 0.256 e. The van der Waals surface area contributed by atoms with Crippen molar-refractivity contribution in [3.63, 3.8) is 0 Å². The Labute approximate surface area is 119 Å². The number of carbonyl (C=O) groups excluding carboxylic acids is 2. The SMILES string of the molecule is CC12CC1(Cl)C(=O)N(c1cc(Cl)cc(Cl)c1)C2=O. The number of nitrogens with zero attached hydrogens (tertiary/aromatic N) is 1. The van der Waals surface area contributed by atoms with E-state index >= 15 is 0 Å². The molecular weight excluding hydrogens is 296 g/mol. The molecule has 1 saturated carbocycles. The van der Waals surface area contributed by atoms with E-state index in [1.54, 1.807) is 6.92 Å². The van der Waals surface area contributed by atoms with E-state index in [9.17, 15) is 9.59 Å². The largest absolute Gasteiger partial charge is 0.273 e. The molecule has 0 radical (unpaired) electrons. The van der Waals surface area contributed by atoms with Gasteiger partial charge in [-0.15, -0.1) is 11.6 Å². The monoisotopic (exact) mass is 303 g/mol. The van der Waals surface area contributed by atoms with Crippen molar-refractivity contribution < 1.29 is 9.59 Å². The molecule has 18 heavy (non-hydrogen) atoms. The van der Waals surface area contributed by atoms with Gasteiger partial charge in [-0.1, -0.05) is 23.2 Å². The van der Waals surface area contributed by atoms with Gasteiger partial charge in [-0.25, -0.2) is 4.90 Å². The number of hydrogen-bond acceptors (Lipinski definition) is 2. The Kier molecular flexibility index (Phi) is 2.32. The highest BCUT2D eigenvalue weighted by Crippen LogP contribution is 2.67. The number of fused-ring (bicyclic) bond motifs is 1. The van der Waals surface area contributed by atoms with Gasteiger partial charge in [0.2, 0.25) is 5.91 Å². The Morgan fingerprint density at radius 3 is 2.11 bits per heavy atom. The first-order chi connectivity index (χ1) is 8.29. The summed E-state index contributed by atoms with van der Waals surface area (Å²) in [7, 11) is 0. The van der Waals surface area contributed by atoms with E-state index in [4.69, 9.17) is 34.8 Å². The van der Waals surface area contributed by atoms with Crippen molar-refractivity contribution >= 4 is 52.3 Å². The molecule has 2 aliphatic rings. The molecule has 0 spiro atoms. The minimum atomic E-state index is -1.08. The van der Waals surface area contributed by atoms with Gasteiger partial charge in [0, 0.05) is 10.0 Å². The van der Waals surface area contributed by atoms with E-state index in [0.717, 1.165) is 4.90 Å². The van der Waals surface area contributed by atoms with Crippen molar-refractivity contribution in [3.8, 4) is 0 Å². The van der Waals surface area contributed by atoms with E-state index in [0.29, 0.717) is 22.2 Å². The van der Waals surface area contributed by atoms with Crippen LogP contribution in [0.15, 0.2) is 18.2 Å². The van der Waals surface area contributed by atoms with Gasteiger partial charge in [0.1, 0.15) is 4.87 Å². The van der Waals surface area contributed by atoms with Crippen LogP contribution < -0.4 is 4.90 Å². The molecule has 1 aliphatic heterocycles. The highest BCUT2D eigenvalue weighted by atomic mass is 35.5. The van der Waals surface area contributed by atoms with E-state index in [1.165, 1.54) is 18.2 Å². The molecule has 1 saturated heterocycles. The van der Waals surface area contributed by atoms with Gasteiger partial charge >= 0.3 is 0 Å². The lowest BCUT2D eigenvalue weighted by atomic mass is 10.1. The molecular formula is C12H8Cl3NO2. The van der Waals surface area contributed by atoms with Crippen LogP contribution >= 0.6 is 34.8 Å². The van der Waals surface area contributed by atoms with Gasteiger partial charge in [-0.05, 0) is 31.5 Å². The summed E-state index contributed by atoms with van der Waals surface area (Å²) in [6.07, 6.45) is 0.393. The molecule has 3 rings (SSSR count). The van der Waals surface area contributed by atoms with Crippen LogP contribution in [0.25, 0.3) is 0 Å². The minimum Gasteiger partial charge on any atom is -0.273 e. The van der Waals surface area contributed by atoms with Crippen LogP contribution in [0.5, 0.6) is 0 Å². The molecule has 2 atom stereocenters. The number of amides is 2. The number of benzene rings is 1. The number of anilines is 1. The van der Waals surface area contributed by atoms with Gasteiger partial charge in [0.05, 0.1) is 11.1 Å². The maximum absolute atomic E-state index is 12.2. The molecule has 0 N–H and O–H groups in total. The summed E-state index contributed by atoms with van der Waals surface area (Å²) >= 11 is 17.9. The fourth-order valence-corrected chi connectivity index (χ4v) is 3.37. The van der Waals surface area contributed by atoms with Crippen molar-refractivity contribution in [2.24, 2.45) is 5.41 Å². The quantitative estimate of drug-likeness (QED) is 0.590. The third-order valence-electron chi connectivity index (χ3n) is 3.67. The van der Waals surface area contributed by atoms with Crippen LogP contribution in [0.4, 0.5) is 5.69 Å². The summed E-state index contributed by atoms with van der Waals surface area (Å²) in [4.78, 5) is 24.4. The number of imide groups is 1. The van der Waals surface area contributed by atoms with Crippen molar-refractivity contribution in [2.75, 3.05) is 4.90 Å². The van der Waals surface area contributed by atoms with E-state index < -0.39 is 16.2 Å². The summed E-state index contributed by atoms with van der Waals surface area (Å²) in [6, 6.07) is 4.59. The lowest BCUT2D eigenvalue weighted by Gasteiger charge is -2.18. The lowest BCUT2D eigenvalue weighted by Crippen LogP contribution is -2.36. The zero-order chi connectivity index (χ0) is 13.3. The average molecular weight is 305 g/mol. The molecule has 1 heterocycles. The summed E-state index contributed by atoms with van der Waals surface area (Å²) in [5, 5.41) is 0.736. The number of piperidine rings is 1. The highest BCUT2D eigenvalue weighted by Gasteiger charge is 2.80. The third kappa shape index (κ3) is 1.33. The Morgan fingerprint density at radius 1 is 1.11 bits per heavy atom. The Hall–Kier alpha value is -0.770. The van der Waals surface area contributed by atoms with Crippen LogP contribution in [-0.2, 0) is 9.59 Å². The standard InChI is InChI=1S/C12H8Cl3NO2/c1-11-5-12(11,15)10(18)16(9(11)17)8-3-6(13)2-7(14)4-8/h2-4H,5H2,1H3. The fourth-order valence-electron chi connectivity index (χ4n) is 2.42. The summed E-state index contributed by atoms with van der Waals surface area (Å²) in [6.45, 7) is 1.70. The van der Waals surface area contributed by atoms with Crippen molar-refractivity contribution in [1.82, 2.24) is 0 Å². The Balaban J connectivity index is 2.09. The van der Waals surface area contributed by atoms with Crippen molar-refractivity contribution in [2.45, 2.75) is 18.2 Å². The molecule has 0 bridgehead atoms. The second-order valence-corrected chi connectivity index (χ2v) is 6.40. The Bertz CT molecular complexity index is 557. The second kappa shape index (κ2) is 3.41. The number of rotatable bonds is 1. The first kappa shape index (κ1) is 12.3. The third-order valence-corrected chi connectivity index (χ3v) is 4.82. The van der Waals surface area contributed by atoms with Gasteiger partial charge in [0.15, 0.2) is 0 Å². The lowest BCUT2D eigenvalue weighted by molar-refractivity contribution is -0.124. The first-order valence-electron chi connectivity index (χ1n) is 5.34. The van der Waals surface area contributed by atoms with Crippen LogP contribution in [-0.4, -0.2) is 16.7 Å². The summed E-state index contributed by atoms with van der Waals surface area (Å²) in [5.74, 6) is -0.684. The fraction of sp³-hybridized carbons (Fsp3) is 0.333. The summed E-state index contributed by atoms with van der Waals surface area (Å²) in [5.41, 5.74) is -0.420. The Morgan fingerprint density at radius 2 is 1.67 bits per heavy atom. The molecule has 1 aromatic carbocycles. The molecule has 6 heteroatoms. The maximum atomic E-state index is 12.2. The first-order valence-corrected chi connectivity index (χ1v) is 6.47. The van der Waals surface area contributed by atoms with Gasteiger partial charge in [-0.3, -0.25) is 9.59 Å². The molecule has 1 aliphatic carbocycles. The van der Waals surface area contributed by atoms with E-state index in [1.807, 2.05) is 0 Å². The van der Waals surface area contributed by atoms with Crippen LogP contribution in [0, 0.1) is 5.41 Å². The van der Waals surface area contributed by atoms with E-state index in [2.05, 4.69) is 0 Å². The van der Waals surface area contributed by atoms with E-state index in [-0.39, 0.29) is 5.91 Å². The van der Waals surface area contributed by atoms with Gasteiger partial charge < -0.3 is 0 Å². The summed E-state index contributed by atoms with van der Waals surface area (Å²) < 4.78 is 0. The molecule has 3 nitrogen and oxygen atoms in total. The molecule has 94 valence electrons. The van der Waals surface area contributed by atoms with Gasteiger partial charge in [-0.2, -0.15) is 0 Å². The van der Waals surface area contributed by atoms with Crippen LogP contribution in [0.3, 0.4) is 0 Å². The molecule has 2 fully saturated rings. The molecule has 0 aromatic heterocycles. The van der Waals surface area contributed by atoms with Gasteiger partial charge in [0.25, 0.3) is 5.91 Å². The minimum absolute atomic E-state index is 0.291. The number of halogens is 3. The number of alkyl halides is 1. The van der Waals surface area contributed by atoms with Crippen LogP contribution in [0.1, 0.15) is 13.3 Å². The number of hydrogen-bond donors (Lipinski definition) is 0. The van der Waals surface area contributed by atoms with Crippen molar-refractivity contribution in [3.05, 3.63) is 28.2 Å². The van der Waals surface area contributed by atoms with Crippen LogP contribution in [0.2, 0.25) is 10.0 Å². The zero-order valence-corrected chi connectivity index (χ0v) is 11.6. The zero-order valence-electron chi connectivity index (χ0n) is 9.34. The highest BCUT2D eigenvalue weighted by molar-refractivity contribution is 6.50. The predicted octanol–water partition coefficient (Wildman–Crippen LogP) is 3.25. The topological polar surface area (TPSA) is 37.4 Å². The van der Waals surface area contributed by atoms with Crippen molar-refractivity contribution in [1.29, 1.82) is 0 Å². The molecule has 2 unspecified atom stereocenters. The normalized spacial score (nSPS) is 33.9. The number of carbonyl (C=O) groups is 2. The second-order valence-electron chi connectivity index (χ2n) is 4.88. The molecule has 2 amide bonds.